The molecule has 1 heterocycles. The summed E-state index contributed by atoms with van der Waals surface area (Å²) < 4.78 is 35.0. The lowest BCUT2D eigenvalue weighted by molar-refractivity contribution is 0.0981. The zero-order valence-corrected chi connectivity index (χ0v) is 20.8. The van der Waals surface area contributed by atoms with Crippen LogP contribution in [0, 0.1) is 0 Å². The van der Waals surface area contributed by atoms with Crippen molar-refractivity contribution in [1.82, 2.24) is 4.72 Å². The monoisotopic (exact) mass is 528 g/mol. The van der Waals surface area contributed by atoms with Crippen molar-refractivity contribution in [1.29, 1.82) is 0 Å². The van der Waals surface area contributed by atoms with Gasteiger partial charge in [0.1, 0.15) is 10.6 Å². The molecule has 4 rings (SSSR count). The number of amides is 1. The Balaban J connectivity index is 1.59. The first-order valence-corrected chi connectivity index (χ1v) is 12.9. The van der Waals surface area contributed by atoms with E-state index in [1.807, 2.05) is 55.5 Å². The Labute approximate surface area is 202 Å². The third-order valence-electron chi connectivity index (χ3n) is 5.72. The average Bonchev–Trinajstić information content (AvgIpc) is 3.13. The summed E-state index contributed by atoms with van der Waals surface area (Å²) in [5, 5.41) is 0. The maximum atomic E-state index is 13.4. The summed E-state index contributed by atoms with van der Waals surface area (Å²) in [4.78, 5) is 15.1. The first kappa shape index (κ1) is 23.5. The number of hydrogen-bond donors (Lipinski definition) is 1. The van der Waals surface area contributed by atoms with E-state index in [-0.39, 0.29) is 29.1 Å². The Morgan fingerprint density at radius 3 is 2.61 bits per heavy atom. The highest BCUT2D eigenvalue weighted by molar-refractivity contribution is 9.10. The number of nitrogens with zero attached hydrogens (tertiary/aromatic N) is 1. The molecule has 1 amide bonds. The highest BCUT2D eigenvalue weighted by Gasteiger charge is 2.32. The Bertz CT molecular complexity index is 1280. The number of benzene rings is 3. The highest BCUT2D eigenvalue weighted by Crippen LogP contribution is 2.36. The summed E-state index contributed by atoms with van der Waals surface area (Å²) >= 11 is 3.48. The average molecular weight is 529 g/mol. The summed E-state index contributed by atoms with van der Waals surface area (Å²) in [6, 6.07) is 20.0. The van der Waals surface area contributed by atoms with Gasteiger partial charge in [-0.3, -0.25) is 4.79 Å². The minimum absolute atomic E-state index is 0.0343. The topological polar surface area (TPSA) is 75.7 Å². The van der Waals surface area contributed by atoms with Crippen LogP contribution in [-0.2, 0) is 22.9 Å². The van der Waals surface area contributed by atoms with Crippen molar-refractivity contribution in [3.63, 3.8) is 0 Å². The maximum absolute atomic E-state index is 13.4. The molecule has 3 aromatic carbocycles. The molecule has 1 atom stereocenters. The van der Waals surface area contributed by atoms with E-state index in [0.717, 1.165) is 27.7 Å². The number of carbonyl (C=O) groups excluding carboxylic acids is 1. The molecule has 1 N–H and O–H groups in total. The van der Waals surface area contributed by atoms with Gasteiger partial charge < -0.3 is 9.64 Å². The van der Waals surface area contributed by atoms with Crippen LogP contribution in [0.2, 0.25) is 0 Å². The lowest BCUT2D eigenvalue weighted by Gasteiger charge is -2.23. The van der Waals surface area contributed by atoms with Crippen LogP contribution >= 0.6 is 15.9 Å². The quantitative estimate of drug-likeness (QED) is 0.487. The maximum Gasteiger partial charge on any atom is 0.258 e. The largest absolute Gasteiger partial charge is 0.495 e. The zero-order chi connectivity index (χ0) is 23.6. The van der Waals surface area contributed by atoms with Crippen molar-refractivity contribution in [3.05, 3.63) is 87.9 Å². The standard InChI is InChI=1S/C25H25BrN2O4S/c1-17-14-20-15-21(26)9-10-22(20)28(17)25(29)19-8-11-23(32-2)24(16-19)33(30,31)27-13-12-18-6-4-3-5-7-18/h3-11,15-17,27H,12-14H2,1-2H3. The Kier molecular flexibility index (Phi) is 6.88. The molecular formula is C25H25BrN2O4S. The number of ether oxygens (including phenoxy) is 1. The molecule has 0 fully saturated rings. The Hall–Kier alpha value is -2.68. The third kappa shape index (κ3) is 4.98. The fourth-order valence-electron chi connectivity index (χ4n) is 4.12. The minimum Gasteiger partial charge on any atom is -0.495 e. The minimum atomic E-state index is -3.88. The molecule has 6 nitrogen and oxygen atoms in total. The second-order valence-electron chi connectivity index (χ2n) is 8.00. The number of rotatable bonds is 7. The number of hydrogen-bond acceptors (Lipinski definition) is 4. The van der Waals surface area contributed by atoms with E-state index in [4.69, 9.17) is 4.74 Å². The number of nitrogens with one attached hydrogen (secondary N) is 1. The van der Waals surface area contributed by atoms with Crippen LogP contribution in [0.1, 0.15) is 28.4 Å². The Morgan fingerprint density at radius 2 is 1.88 bits per heavy atom. The van der Waals surface area contributed by atoms with Crippen LogP contribution in [0.4, 0.5) is 5.69 Å². The molecule has 1 unspecified atom stereocenters. The van der Waals surface area contributed by atoms with Gasteiger partial charge in [0.2, 0.25) is 10.0 Å². The molecule has 0 bridgehead atoms. The summed E-state index contributed by atoms with van der Waals surface area (Å²) in [5.41, 5.74) is 3.25. The molecule has 0 radical (unpaired) electrons. The molecule has 1 aliphatic rings. The van der Waals surface area contributed by atoms with E-state index in [9.17, 15) is 13.2 Å². The predicted octanol–water partition coefficient (Wildman–Crippen LogP) is 4.57. The fourth-order valence-corrected chi connectivity index (χ4v) is 5.75. The number of anilines is 1. The van der Waals surface area contributed by atoms with Crippen LogP contribution in [0.3, 0.4) is 0 Å². The number of sulfonamides is 1. The lowest BCUT2D eigenvalue weighted by atomic mass is 10.1. The fraction of sp³-hybridized carbons (Fsp3) is 0.240. The van der Waals surface area contributed by atoms with Gasteiger partial charge in [0.25, 0.3) is 5.91 Å². The predicted molar refractivity (Wildman–Crippen MR) is 132 cm³/mol. The Morgan fingerprint density at radius 1 is 1.12 bits per heavy atom. The molecule has 3 aromatic rings. The molecule has 0 aliphatic carbocycles. The highest BCUT2D eigenvalue weighted by atomic mass is 79.9. The molecular weight excluding hydrogens is 504 g/mol. The number of halogens is 1. The molecule has 0 saturated heterocycles. The SMILES string of the molecule is COc1ccc(C(=O)N2c3ccc(Br)cc3CC2C)cc1S(=O)(=O)NCCc1ccccc1. The van der Waals surface area contributed by atoms with Gasteiger partial charge in [0.05, 0.1) is 7.11 Å². The van der Waals surface area contributed by atoms with Crippen LogP contribution in [0.25, 0.3) is 0 Å². The van der Waals surface area contributed by atoms with Gasteiger partial charge in [-0.05, 0) is 67.3 Å². The second kappa shape index (κ2) is 9.67. The van der Waals surface area contributed by atoms with Crippen molar-refractivity contribution < 1.29 is 17.9 Å². The number of fused-ring (bicyclic) bond motifs is 1. The van der Waals surface area contributed by atoms with Crippen molar-refractivity contribution >= 4 is 37.5 Å². The summed E-state index contributed by atoms with van der Waals surface area (Å²) in [7, 11) is -2.47. The lowest BCUT2D eigenvalue weighted by Crippen LogP contribution is -2.36. The van der Waals surface area contributed by atoms with Crippen molar-refractivity contribution in [2.75, 3.05) is 18.6 Å². The van der Waals surface area contributed by atoms with Crippen molar-refractivity contribution in [3.8, 4) is 5.75 Å². The molecule has 0 saturated carbocycles. The van der Waals surface area contributed by atoms with Gasteiger partial charge in [0, 0.05) is 28.3 Å². The zero-order valence-electron chi connectivity index (χ0n) is 18.4. The second-order valence-corrected chi connectivity index (χ2v) is 10.7. The smallest absolute Gasteiger partial charge is 0.258 e. The van der Waals surface area contributed by atoms with Gasteiger partial charge >= 0.3 is 0 Å². The van der Waals surface area contributed by atoms with E-state index < -0.39 is 10.0 Å². The van der Waals surface area contributed by atoms with E-state index in [1.54, 1.807) is 11.0 Å². The van der Waals surface area contributed by atoms with E-state index in [2.05, 4.69) is 20.7 Å². The molecule has 33 heavy (non-hydrogen) atoms. The van der Waals surface area contributed by atoms with E-state index >= 15 is 0 Å². The number of methoxy groups -OCH3 is 1. The number of carbonyl (C=O) groups is 1. The van der Waals surface area contributed by atoms with Crippen LogP contribution in [0.15, 0.2) is 76.1 Å². The summed E-state index contributed by atoms with van der Waals surface area (Å²) in [5.74, 6) is -0.0514. The molecule has 0 aromatic heterocycles. The van der Waals surface area contributed by atoms with Crippen molar-refractivity contribution in [2.24, 2.45) is 0 Å². The molecule has 172 valence electrons. The molecule has 1 aliphatic heterocycles. The van der Waals surface area contributed by atoms with Crippen molar-refractivity contribution in [2.45, 2.75) is 30.7 Å². The van der Waals surface area contributed by atoms with Crippen LogP contribution in [-0.4, -0.2) is 34.0 Å². The van der Waals surface area contributed by atoms with E-state index in [0.29, 0.717) is 12.0 Å². The molecule has 0 spiro atoms. The van der Waals surface area contributed by atoms with Gasteiger partial charge in [-0.1, -0.05) is 46.3 Å². The van der Waals surface area contributed by atoms with Crippen LogP contribution in [0.5, 0.6) is 5.75 Å². The summed E-state index contributed by atoms with van der Waals surface area (Å²) in [6.45, 7) is 2.22. The first-order chi connectivity index (χ1) is 15.8. The van der Waals surface area contributed by atoms with E-state index in [1.165, 1.54) is 19.2 Å². The summed E-state index contributed by atoms with van der Waals surface area (Å²) in [6.07, 6.45) is 1.29. The third-order valence-corrected chi connectivity index (χ3v) is 7.70. The molecule has 8 heteroatoms. The van der Waals surface area contributed by atoms with Gasteiger partial charge in [-0.25, -0.2) is 13.1 Å². The van der Waals surface area contributed by atoms with Gasteiger partial charge in [-0.2, -0.15) is 0 Å². The first-order valence-electron chi connectivity index (χ1n) is 10.6. The van der Waals surface area contributed by atoms with Gasteiger partial charge in [0.15, 0.2) is 0 Å². The van der Waals surface area contributed by atoms with Gasteiger partial charge in [-0.15, -0.1) is 0 Å². The van der Waals surface area contributed by atoms with Crippen LogP contribution < -0.4 is 14.4 Å². The normalized spacial score (nSPS) is 15.4.